The fraction of sp³-hybridized carbons (Fsp3) is 0.273. The molecule has 0 saturated carbocycles. The van der Waals surface area contributed by atoms with Crippen molar-refractivity contribution in [3.63, 3.8) is 0 Å². The second-order valence-electron chi connectivity index (χ2n) is 3.04. The lowest BCUT2D eigenvalue weighted by molar-refractivity contribution is -0.136. The highest BCUT2D eigenvalue weighted by atomic mass is 35.5. The van der Waals surface area contributed by atoms with Gasteiger partial charge in [-0.15, -0.1) is 12.3 Å². The Morgan fingerprint density at radius 3 is 2.62 bits per heavy atom. The molecule has 0 atom stereocenters. The second kappa shape index (κ2) is 5.13. The van der Waals surface area contributed by atoms with Gasteiger partial charge >= 0.3 is 6.18 Å². The zero-order chi connectivity index (χ0) is 12.2. The van der Waals surface area contributed by atoms with E-state index >= 15 is 0 Å². The zero-order valence-corrected chi connectivity index (χ0v) is 8.99. The summed E-state index contributed by atoms with van der Waals surface area (Å²) < 4.78 is 37.8. The average Bonchev–Trinajstić information content (AvgIpc) is 2.19. The number of hydrogen-bond acceptors (Lipinski definition) is 1. The van der Waals surface area contributed by atoms with Gasteiger partial charge in [-0.3, -0.25) is 0 Å². The van der Waals surface area contributed by atoms with Crippen LogP contribution < -0.4 is 5.32 Å². The molecule has 0 heterocycles. The molecule has 0 spiro atoms. The molecule has 1 rings (SSSR count). The van der Waals surface area contributed by atoms with Crippen LogP contribution in [0.25, 0.3) is 0 Å². The van der Waals surface area contributed by atoms with E-state index in [-0.39, 0.29) is 17.3 Å². The molecule has 86 valence electrons. The molecule has 0 bridgehead atoms. The summed E-state index contributed by atoms with van der Waals surface area (Å²) in [4.78, 5) is 0. The number of para-hydroxylation sites is 1. The minimum atomic E-state index is -4.43. The number of anilines is 1. The van der Waals surface area contributed by atoms with E-state index in [1.807, 2.05) is 0 Å². The summed E-state index contributed by atoms with van der Waals surface area (Å²) in [5.41, 5.74) is -0.899. The lowest BCUT2D eigenvalue weighted by Gasteiger charge is -2.15. The molecule has 0 aromatic heterocycles. The quantitative estimate of drug-likeness (QED) is 0.633. The first-order valence-corrected chi connectivity index (χ1v) is 4.87. The number of terminal acetylenes is 1. The average molecular weight is 248 g/mol. The second-order valence-corrected chi connectivity index (χ2v) is 3.45. The third-order valence-electron chi connectivity index (χ3n) is 1.89. The molecule has 5 heteroatoms. The molecule has 0 aliphatic carbocycles. The molecule has 0 unspecified atom stereocenters. The van der Waals surface area contributed by atoms with Gasteiger partial charge in [-0.2, -0.15) is 13.2 Å². The van der Waals surface area contributed by atoms with Crippen LogP contribution in [0.4, 0.5) is 18.9 Å². The van der Waals surface area contributed by atoms with Gasteiger partial charge in [0.2, 0.25) is 0 Å². The normalized spacial score (nSPS) is 10.9. The molecule has 0 radical (unpaired) electrons. The fourth-order valence-corrected chi connectivity index (χ4v) is 1.44. The van der Waals surface area contributed by atoms with Crippen molar-refractivity contribution in [2.45, 2.75) is 12.6 Å². The van der Waals surface area contributed by atoms with Gasteiger partial charge in [-0.1, -0.05) is 17.7 Å². The highest BCUT2D eigenvalue weighted by molar-refractivity contribution is 6.33. The molecule has 0 aliphatic rings. The third-order valence-corrected chi connectivity index (χ3v) is 2.21. The predicted molar refractivity (Wildman–Crippen MR) is 58.4 cm³/mol. The van der Waals surface area contributed by atoms with Gasteiger partial charge in [0, 0.05) is 13.0 Å². The zero-order valence-electron chi connectivity index (χ0n) is 8.24. The van der Waals surface area contributed by atoms with Crippen LogP contribution in [0.5, 0.6) is 0 Å². The number of benzene rings is 1. The van der Waals surface area contributed by atoms with Gasteiger partial charge in [-0.05, 0) is 12.1 Å². The van der Waals surface area contributed by atoms with Crippen molar-refractivity contribution in [1.82, 2.24) is 0 Å². The number of nitrogens with one attached hydrogen (secondary N) is 1. The topological polar surface area (TPSA) is 12.0 Å². The summed E-state index contributed by atoms with van der Waals surface area (Å²) in [6.45, 7) is 0.253. The summed E-state index contributed by atoms with van der Waals surface area (Å²) in [6.07, 6.45) is 0.918. The summed E-state index contributed by atoms with van der Waals surface area (Å²) >= 11 is 5.70. The predicted octanol–water partition coefficient (Wildman–Crippen LogP) is 3.79. The molecular weight excluding hydrogens is 239 g/mol. The summed E-state index contributed by atoms with van der Waals surface area (Å²) in [7, 11) is 0. The minimum absolute atomic E-state index is 0.0341. The first kappa shape index (κ1) is 12.7. The maximum absolute atomic E-state index is 12.6. The number of halogens is 4. The van der Waals surface area contributed by atoms with E-state index in [0.29, 0.717) is 6.42 Å². The molecular formula is C11H9ClF3N. The van der Waals surface area contributed by atoms with E-state index < -0.39 is 11.7 Å². The Kier molecular flexibility index (Phi) is 4.08. The van der Waals surface area contributed by atoms with E-state index in [2.05, 4.69) is 11.2 Å². The Labute approximate surface area is 96.6 Å². The number of alkyl halides is 3. The molecule has 1 aromatic carbocycles. The minimum Gasteiger partial charge on any atom is -0.382 e. The standard InChI is InChI=1S/C11H9ClF3N/c1-2-3-7-16-10-8(11(13,14)15)5-4-6-9(10)12/h1,4-6,16H,3,7H2. The van der Waals surface area contributed by atoms with Gasteiger partial charge in [0.25, 0.3) is 0 Å². The Morgan fingerprint density at radius 2 is 2.06 bits per heavy atom. The van der Waals surface area contributed by atoms with Crippen molar-refractivity contribution < 1.29 is 13.2 Å². The Morgan fingerprint density at radius 1 is 1.38 bits per heavy atom. The monoisotopic (exact) mass is 247 g/mol. The van der Waals surface area contributed by atoms with Crippen molar-refractivity contribution in [3.05, 3.63) is 28.8 Å². The highest BCUT2D eigenvalue weighted by Crippen LogP contribution is 2.38. The summed E-state index contributed by atoms with van der Waals surface area (Å²) in [5, 5.41) is 2.63. The van der Waals surface area contributed by atoms with Crippen LogP contribution in [0.2, 0.25) is 5.02 Å². The number of hydrogen-bond donors (Lipinski definition) is 1. The summed E-state index contributed by atoms with van der Waals surface area (Å²) in [5.74, 6) is 2.33. The SMILES string of the molecule is C#CCCNc1c(Cl)cccc1C(F)(F)F. The van der Waals surface area contributed by atoms with Crippen molar-refractivity contribution in [1.29, 1.82) is 0 Å². The molecule has 0 fully saturated rings. The fourth-order valence-electron chi connectivity index (χ4n) is 1.20. The largest absolute Gasteiger partial charge is 0.418 e. The molecule has 1 N–H and O–H groups in total. The smallest absolute Gasteiger partial charge is 0.382 e. The van der Waals surface area contributed by atoms with E-state index in [1.54, 1.807) is 0 Å². The molecule has 0 aliphatic heterocycles. The van der Waals surface area contributed by atoms with Crippen LogP contribution in [0.15, 0.2) is 18.2 Å². The lowest BCUT2D eigenvalue weighted by atomic mass is 10.1. The van der Waals surface area contributed by atoms with Crippen molar-refractivity contribution in [3.8, 4) is 12.3 Å². The van der Waals surface area contributed by atoms with E-state index in [4.69, 9.17) is 18.0 Å². The van der Waals surface area contributed by atoms with Gasteiger partial charge in [0.05, 0.1) is 16.3 Å². The Balaban J connectivity index is 3.01. The number of rotatable bonds is 3. The lowest BCUT2D eigenvalue weighted by Crippen LogP contribution is -2.11. The van der Waals surface area contributed by atoms with Gasteiger partial charge in [0.1, 0.15) is 0 Å². The van der Waals surface area contributed by atoms with Crippen LogP contribution in [0.3, 0.4) is 0 Å². The highest BCUT2D eigenvalue weighted by Gasteiger charge is 2.34. The van der Waals surface area contributed by atoms with Crippen LogP contribution in [-0.2, 0) is 6.18 Å². The molecule has 1 aromatic rings. The summed E-state index contributed by atoms with van der Waals surface area (Å²) in [6, 6.07) is 3.64. The van der Waals surface area contributed by atoms with Gasteiger partial charge in [-0.25, -0.2) is 0 Å². The van der Waals surface area contributed by atoms with Crippen LogP contribution in [-0.4, -0.2) is 6.54 Å². The Hall–Kier alpha value is -1.34. The Bertz CT molecular complexity index is 407. The van der Waals surface area contributed by atoms with Crippen molar-refractivity contribution in [2.75, 3.05) is 11.9 Å². The van der Waals surface area contributed by atoms with Gasteiger partial charge < -0.3 is 5.32 Å². The van der Waals surface area contributed by atoms with Crippen molar-refractivity contribution >= 4 is 17.3 Å². The molecule has 0 amide bonds. The van der Waals surface area contributed by atoms with Crippen molar-refractivity contribution in [2.24, 2.45) is 0 Å². The third kappa shape index (κ3) is 3.07. The van der Waals surface area contributed by atoms with E-state index in [9.17, 15) is 13.2 Å². The van der Waals surface area contributed by atoms with Gasteiger partial charge in [0.15, 0.2) is 0 Å². The van der Waals surface area contributed by atoms with Crippen LogP contribution in [0, 0.1) is 12.3 Å². The first-order chi connectivity index (χ1) is 7.46. The molecule has 16 heavy (non-hydrogen) atoms. The van der Waals surface area contributed by atoms with E-state index in [1.165, 1.54) is 12.1 Å². The maximum Gasteiger partial charge on any atom is 0.418 e. The maximum atomic E-state index is 12.6. The van der Waals surface area contributed by atoms with E-state index in [0.717, 1.165) is 6.07 Å². The first-order valence-electron chi connectivity index (χ1n) is 4.50. The van der Waals surface area contributed by atoms with Crippen LogP contribution >= 0.6 is 11.6 Å². The molecule has 1 nitrogen and oxygen atoms in total. The van der Waals surface area contributed by atoms with Crippen LogP contribution in [0.1, 0.15) is 12.0 Å². The molecule has 0 saturated heterocycles.